The fraction of sp³-hybridized carbons (Fsp3) is 0.286. The number of hydrogen-bond acceptors (Lipinski definition) is 4. The summed E-state index contributed by atoms with van der Waals surface area (Å²) in [5.41, 5.74) is 15.3. The van der Waals surface area contributed by atoms with Crippen molar-refractivity contribution >= 4 is 33.1 Å². The van der Waals surface area contributed by atoms with Crippen LogP contribution in [-0.2, 0) is 5.41 Å². The van der Waals surface area contributed by atoms with Crippen LogP contribution < -0.4 is 0 Å². The molecule has 4 heterocycles. The van der Waals surface area contributed by atoms with E-state index < -0.39 is 0 Å². The number of benzene rings is 4. The molecule has 9 rings (SSSR count). The zero-order chi connectivity index (χ0) is 37.3. The first-order valence-corrected chi connectivity index (χ1v) is 19.6. The number of fused-ring (bicyclic) bond motifs is 4. The minimum atomic E-state index is -0.0848. The largest absolute Gasteiger partial charge is 0.437 e. The van der Waals surface area contributed by atoms with Gasteiger partial charge in [0.25, 0.3) is 0 Å². The average molecular weight is 709 g/mol. The molecule has 0 bridgehead atoms. The average Bonchev–Trinajstić information content (AvgIpc) is 3.93. The highest BCUT2D eigenvalue weighted by molar-refractivity contribution is 6.10. The molecular formula is C49H48N4O. The highest BCUT2D eigenvalue weighted by Crippen LogP contribution is 2.46. The molecular weight excluding hydrogens is 661 g/mol. The first kappa shape index (κ1) is 34.2. The molecule has 1 unspecified atom stereocenters. The molecule has 8 aromatic rings. The van der Waals surface area contributed by atoms with Crippen LogP contribution in [0.15, 0.2) is 108 Å². The van der Waals surface area contributed by atoms with Crippen LogP contribution in [0.25, 0.3) is 72.4 Å². The summed E-state index contributed by atoms with van der Waals surface area (Å²) in [6.07, 6.45) is 5.19. The Hall–Kier alpha value is -5.55. The second-order valence-electron chi connectivity index (χ2n) is 16.5. The molecule has 1 aliphatic carbocycles. The summed E-state index contributed by atoms with van der Waals surface area (Å²) in [4.78, 5) is 15.8. The van der Waals surface area contributed by atoms with Crippen molar-refractivity contribution in [3.05, 3.63) is 131 Å². The summed E-state index contributed by atoms with van der Waals surface area (Å²) < 4.78 is 9.29. The first-order chi connectivity index (χ1) is 26.1. The van der Waals surface area contributed by atoms with E-state index in [9.17, 15) is 0 Å². The van der Waals surface area contributed by atoms with E-state index in [1.165, 1.54) is 31.2 Å². The van der Waals surface area contributed by atoms with Crippen molar-refractivity contribution in [3.63, 3.8) is 0 Å². The van der Waals surface area contributed by atoms with Crippen LogP contribution >= 0.6 is 0 Å². The van der Waals surface area contributed by atoms with Crippen molar-refractivity contribution in [1.29, 1.82) is 0 Å². The SMILES string of the molecule is Cc1cc2nc(-c3ccc(C)c4c3oc3nc(C(C)C5CCCC5)ccc34)n(-c3c(-c4ccccc4)cc(C(C)(C)C)cc3-c3ccccc3)c2c(C)n1. The number of hydrogen-bond donors (Lipinski definition) is 0. The number of aromatic nitrogens is 4. The number of nitrogens with zero attached hydrogens (tertiary/aromatic N) is 4. The normalized spacial score (nSPS) is 14.5. The molecule has 0 saturated heterocycles. The van der Waals surface area contributed by atoms with Gasteiger partial charge in [-0.1, -0.05) is 107 Å². The van der Waals surface area contributed by atoms with Gasteiger partial charge >= 0.3 is 0 Å². The van der Waals surface area contributed by atoms with Gasteiger partial charge in [-0.3, -0.25) is 9.55 Å². The van der Waals surface area contributed by atoms with E-state index >= 15 is 0 Å². The number of furan rings is 1. The highest BCUT2D eigenvalue weighted by atomic mass is 16.3. The molecule has 4 aromatic carbocycles. The fourth-order valence-corrected chi connectivity index (χ4v) is 8.89. The second-order valence-corrected chi connectivity index (χ2v) is 16.5. The molecule has 5 heteroatoms. The third-order valence-electron chi connectivity index (χ3n) is 11.8. The minimum absolute atomic E-state index is 0.0848. The number of aryl methyl sites for hydroxylation is 3. The summed E-state index contributed by atoms with van der Waals surface area (Å²) >= 11 is 0. The monoisotopic (exact) mass is 708 g/mol. The van der Waals surface area contributed by atoms with Gasteiger partial charge in [-0.05, 0) is 104 Å². The predicted octanol–water partition coefficient (Wildman–Crippen LogP) is 13.2. The standard InChI is InChI=1S/C49H48N4O/c1-29-22-23-38(46-43(29)37-24-25-41(52-48(37)54-46)31(3)33-16-14-15-17-33)47-51-42-26-30(2)50-32(4)44(42)53(47)45-39(34-18-10-8-11-19-34)27-36(49(5,6)7)28-40(45)35-20-12-9-13-21-35/h8-13,18-28,31,33H,14-17H2,1-7H3. The predicted molar refractivity (Wildman–Crippen MR) is 224 cm³/mol. The molecule has 4 aromatic heterocycles. The van der Waals surface area contributed by atoms with Crippen molar-refractivity contribution in [1.82, 2.24) is 19.5 Å². The third kappa shape index (κ3) is 5.73. The number of rotatable bonds is 6. The Kier molecular flexibility index (Phi) is 8.30. The van der Waals surface area contributed by atoms with Crippen molar-refractivity contribution in [2.45, 2.75) is 85.5 Å². The third-order valence-corrected chi connectivity index (χ3v) is 11.8. The summed E-state index contributed by atoms with van der Waals surface area (Å²) in [7, 11) is 0. The van der Waals surface area contributed by atoms with Crippen LogP contribution in [0, 0.1) is 26.7 Å². The van der Waals surface area contributed by atoms with Crippen LogP contribution in [-0.4, -0.2) is 19.5 Å². The molecule has 0 N–H and O–H groups in total. The maximum absolute atomic E-state index is 6.93. The van der Waals surface area contributed by atoms with Crippen LogP contribution in [0.3, 0.4) is 0 Å². The van der Waals surface area contributed by atoms with E-state index in [1.807, 2.05) is 6.92 Å². The maximum atomic E-state index is 6.93. The van der Waals surface area contributed by atoms with Gasteiger partial charge in [0, 0.05) is 39.2 Å². The minimum Gasteiger partial charge on any atom is -0.437 e. The van der Waals surface area contributed by atoms with E-state index in [-0.39, 0.29) is 5.41 Å². The Morgan fingerprint density at radius 1 is 0.722 bits per heavy atom. The smallest absolute Gasteiger partial charge is 0.227 e. The van der Waals surface area contributed by atoms with Gasteiger partial charge in [0.05, 0.1) is 28.0 Å². The van der Waals surface area contributed by atoms with Crippen molar-refractivity contribution in [3.8, 4) is 39.3 Å². The Balaban J connectivity index is 1.39. The first-order valence-electron chi connectivity index (χ1n) is 19.6. The van der Waals surface area contributed by atoms with Gasteiger partial charge in [0.2, 0.25) is 5.71 Å². The van der Waals surface area contributed by atoms with Gasteiger partial charge in [-0.25, -0.2) is 9.97 Å². The molecule has 0 spiro atoms. The van der Waals surface area contributed by atoms with Crippen LogP contribution in [0.4, 0.5) is 0 Å². The van der Waals surface area contributed by atoms with Gasteiger partial charge in [0.1, 0.15) is 11.4 Å². The van der Waals surface area contributed by atoms with Gasteiger partial charge in [0.15, 0.2) is 0 Å². The Morgan fingerprint density at radius 2 is 1.37 bits per heavy atom. The summed E-state index contributed by atoms with van der Waals surface area (Å²) in [6.45, 7) is 15.5. The van der Waals surface area contributed by atoms with Crippen molar-refractivity contribution in [2.24, 2.45) is 5.92 Å². The zero-order valence-corrected chi connectivity index (χ0v) is 32.5. The van der Waals surface area contributed by atoms with Gasteiger partial charge < -0.3 is 4.42 Å². The summed E-state index contributed by atoms with van der Waals surface area (Å²) in [5, 5.41) is 2.14. The van der Waals surface area contributed by atoms with Crippen molar-refractivity contribution in [2.75, 3.05) is 0 Å². The lowest BCUT2D eigenvalue weighted by atomic mass is 9.82. The summed E-state index contributed by atoms with van der Waals surface area (Å²) in [6, 6.07) is 37.3. The lowest BCUT2D eigenvalue weighted by Gasteiger charge is -2.26. The van der Waals surface area contributed by atoms with Crippen molar-refractivity contribution < 1.29 is 4.42 Å². The topological polar surface area (TPSA) is 56.7 Å². The lowest BCUT2D eigenvalue weighted by molar-refractivity contribution is 0.452. The highest BCUT2D eigenvalue weighted by Gasteiger charge is 2.29. The molecule has 1 fully saturated rings. The lowest BCUT2D eigenvalue weighted by Crippen LogP contribution is -2.13. The second kappa shape index (κ2) is 13.1. The Bertz CT molecular complexity index is 2630. The molecule has 1 atom stereocenters. The molecule has 1 saturated carbocycles. The molecule has 5 nitrogen and oxygen atoms in total. The number of pyridine rings is 2. The Morgan fingerprint density at radius 3 is 2.00 bits per heavy atom. The number of imidazole rings is 1. The quantitative estimate of drug-likeness (QED) is 0.173. The fourth-order valence-electron chi connectivity index (χ4n) is 8.89. The molecule has 0 amide bonds. The zero-order valence-electron chi connectivity index (χ0n) is 32.5. The Labute approximate surface area is 318 Å². The molecule has 54 heavy (non-hydrogen) atoms. The van der Waals surface area contributed by atoms with Crippen LogP contribution in [0.2, 0.25) is 0 Å². The van der Waals surface area contributed by atoms with E-state index in [0.717, 1.165) is 89.4 Å². The molecule has 270 valence electrons. The van der Waals surface area contributed by atoms with E-state index in [0.29, 0.717) is 17.5 Å². The van der Waals surface area contributed by atoms with E-state index in [2.05, 4.69) is 149 Å². The summed E-state index contributed by atoms with van der Waals surface area (Å²) in [5.74, 6) is 1.90. The van der Waals surface area contributed by atoms with Gasteiger partial charge in [-0.2, -0.15) is 0 Å². The molecule has 1 aliphatic rings. The van der Waals surface area contributed by atoms with Crippen LogP contribution in [0.5, 0.6) is 0 Å². The maximum Gasteiger partial charge on any atom is 0.227 e. The van der Waals surface area contributed by atoms with Gasteiger partial charge in [-0.15, -0.1) is 0 Å². The van der Waals surface area contributed by atoms with E-state index in [1.54, 1.807) is 0 Å². The molecule has 0 aliphatic heterocycles. The van der Waals surface area contributed by atoms with E-state index in [4.69, 9.17) is 19.4 Å². The molecule has 0 radical (unpaired) electrons. The van der Waals surface area contributed by atoms with Crippen LogP contribution in [0.1, 0.15) is 87.5 Å².